The number of rotatable bonds is 23. The van der Waals surface area contributed by atoms with Crippen LogP contribution in [0, 0.1) is 0 Å². The Labute approximate surface area is 191 Å². The number of hydrogen-bond donors (Lipinski definition) is 3. The molecule has 0 aliphatic carbocycles. The number of allylic oxidation sites excluding steroid dienone is 2. The zero-order chi connectivity index (χ0) is 23.0. The number of carbonyl (C=O) groups is 2. The third-order valence-corrected chi connectivity index (χ3v) is 5.75. The molecule has 0 heterocycles. The van der Waals surface area contributed by atoms with E-state index in [2.05, 4.69) is 24.4 Å². The lowest BCUT2D eigenvalue weighted by atomic mass is 10.1. The smallest absolute Gasteiger partial charge is 0.326 e. The summed E-state index contributed by atoms with van der Waals surface area (Å²) in [6, 6.07) is -0.779. The summed E-state index contributed by atoms with van der Waals surface area (Å²) in [5.41, 5.74) is 5.43. The topological polar surface area (TPSA) is 92.4 Å². The number of aliphatic carboxylic acids is 1. The number of nitrogens with one attached hydrogen (secondary N) is 1. The van der Waals surface area contributed by atoms with Crippen LogP contribution in [-0.2, 0) is 9.59 Å². The van der Waals surface area contributed by atoms with Gasteiger partial charge < -0.3 is 16.2 Å². The Morgan fingerprint density at radius 1 is 0.774 bits per heavy atom. The molecule has 5 heteroatoms. The van der Waals surface area contributed by atoms with E-state index >= 15 is 0 Å². The molecule has 0 aliphatic heterocycles. The Hall–Kier alpha value is -1.36. The minimum atomic E-state index is -0.956. The molecule has 0 saturated carbocycles. The second kappa shape index (κ2) is 23.3. The number of hydrogen-bond acceptors (Lipinski definition) is 3. The number of amides is 1. The number of carboxylic acids is 1. The van der Waals surface area contributed by atoms with E-state index in [0.717, 1.165) is 32.1 Å². The SMILES string of the molecule is CCCCCCCC/C=C\CCCCCCCCCC(=O)N[C@@H](CCCCN)C(=O)O. The predicted octanol–water partition coefficient (Wildman–Crippen LogP) is 6.50. The van der Waals surface area contributed by atoms with Gasteiger partial charge in [0.2, 0.25) is 5.91 Å². The lowest BCUT2D eigenvalue weighted by Crippen LogP contribution is -2.40. The van der Waals surface area contributed by atoms with Crippen molar-refractivity contribution >= 4 is 11.9 Å². The lowest BCUT2D eigenvalue weighted by Gasteiger charge is -2.14. The van der Waals surface area contributed by atoms with Gasteiger partial charge in [-0.2, -0.15) is 0 Å². The fourth-order valence-electron chi connectivity index (χ4n) is 3.73. The molecule has 0 aromatic carbocycles. The second-order valence-electron chi connectivity index (χ2n) is 8.78. The van der Waals surface area contributed by atoms with E-state index in [1.807, 2.05) is 0 Å². The maximum atomic E-state index is 11.9. The maximum Gasteiger partial charge on any atom is 0.326 e. The molecule has 0 radical (unpaired) electrons. The lowest BCUT2D eigenvalue weighted by molar-refractivity contribution is -0.142. The van der Waals surface area contributed by atoms with Gasteiger partial charge in [0.25, 0.3) is 0 Å². The first kappa shape index (κ1) is 29.6. The number of carbonyl (C=O) groups excluding carboxylic acids is 1. The van der Waals surface area contributed by atoms with Gasteiger partial charge in [0.15, 0.2) is 0 Å². The van der Waals surface area contributed by atoms with Crippen molar-refractivity contribution in [3.05, 3.63) is 12.2 Å². The molecular formula is C26H50N2O3. The molecule has 1 amide bonds. The minimum absolute atomic E-state index is 0.145. The van der Waals surface area contributed by atoms with Gasteiger partial charge in [0.05, 0.1) is 0 Å². The Morgan fingerprint density at radius 3 is 1.81 bits per heavy atom. The third-order valence-electron chi connectivity index (χ3n) is 5.75. The van der Waals surface area contributed by atoms with Crippen LogP contribution >= 0.6 is 0 Å². The normalized spacial score (nSPS) is 12.3. The summed E-state index contributed by atoms with van der Waals surface area (Å²) in [5, 5.41) is 11.8. The van der Waals surface area contributed by atoms with Gasteiger partial charge in [-0.3, -0.25) is 4.79 Å². The van der Waals surface area contributed by atoms with E-state index in [1.54, 1.807) is 0 Å². The van der Waals surface area contributed by atoms with Crippen molar-refractivity contribution < 1.29 is 14.7 Å². The van der Waals surface area contributed by atoms with Gasteiger partial charge in [-0.1, -0.05) is 83.3 Å². The molecule has 0 saturated heterocycles. The highest BCUT2D eigenvalue weighted by atomic mass is 16.4. The van der Waals surface area contributed by atoms with Crippen LogP contribution in [0.1, 0.15) is 129 Å². The monoisotopic (exact) mass is 438 g/mol. The summed E-state index contributed by atoms with van der Waals surface area (Å²) >= 11 is 0. The zero-order valence-electron chi connectivity index (χ0n) is 20.2. The fourth-order valence-corrected chi connectivity index (χ4v) is 3.73. The zero-order valence-corrected chi connectivity index (χ0v) is 20.2. The molecular weight excluding hydrogens is 388 g/mol. The van der Waals surface area contributed by atoms with Crippen LogP contribution in [0.2, 0.25) is 0 Å². The number of unbranched alkanes of at least 4 members (excludes halogenated alkanes) is 14. The summed E-state index contributed by atoms with van der Waals surface area (Å²) in [7, 11) is 0. The standard InChI is InChI=1S/C26H50N2O3/c1-2-3-4-5-6-7-8-9-10-11-12-13-14-15-16-17-18-22-25(29)28-24(26(30)31)21-19-20-23-27/h9-10,24H,2-8,11-23,27H2,1H3,(H,28,29)(H,30,31)/b10-9-/t24-/m0/s1. The van der Waals surface area contributed by atoms with Crippen molar-refractivity contribution in [1.82, 2.24) is 5.32 Å². The average molecular weight is 439 g/mol. The molecule has 31 heavy (non-hydrogen) atoms. The molecule has 0 spiro atoms. The first-order valence-electron chi connectivity index (χ1n) is 13.0. The Kier molecular flexibility index (Phi) is 22.3. The predicted molar refractivity (Wildman–Crippen MR) is 131 cm³/mol. The van der Waals surface area contributed by atoms with Crippen LogP contribution in [0.3, 0.4) is 0 Å². The quantitative estimate of drug-likeness (QED) is 0.125. The van der Waals surface area contributed by atoms with E-state index in [1.165, 1.54) is 77.0 Å². The van der Waals surface area contributed by atoms with Crippen molar-refractivity contribution in [2.75, 3.05) is 6.54 Å². The molecule has 1 atom stereocenters. The van der Waals surface area contributed by atoms with Crippen molar-refractivity contribution in [1.29, 1.82) is 0 Å². The number of carboxylic acid groups (broad SMARTS) is 1. The van der Waals surface area contributed by atoms with E-state index in [-0.39, 0.29) is 5.91 Å². The van der Waals surface area contributed by atoms with Crippen molar-refractivity contribution in [2.45, 2.75) is 135 Å². The molecule has 182 valence electrons. The summed E-state index contributed by atoms with van der Waals surface area (Å²) < 4.78 is 0. The molecule has 0 aromatic heterocycles. The Bertz CT molecular complexity index is 452. The van der Waals surface area contributed by atoms with Crippen LogP contribution < -0.4 is 11.1 Å². The molecule has 5 nitrogen and oxygen atoms in total. The Morgan fingerprint density at radius 2 is 1.29 bits per heavy atom. The maximum absolute atomic E-state index is 11.9. The van der Waals surface area contributed by atoms with Crippen LogP contribution in [0.15, 0.2) is 12.2 Å². The summed E-state index contributed by atoms with van der Waals surface area (Å²) in [6.45, 7) is 2.81. The third kappa shape index (κ3) is 21.7. The van der Waals surface area contributed by atoms with Gasteiger partial charge in [-0.15, -0.1) is 0 Å². The highest BCUT2D eigenvalue weighted by molar-refractivity contribution is 5.83. The Balaban J connectivity index is 3.45. The van der Waals surface area contributed by atoms with Gasteiger partial charge >= 0.3 is 5.97 Å². The van der Waals surface area contributed by atoms with Gasteiger partial charge in [0, 0.05) is 6.42 Å². The van der Waals surface area contributed by atoms with Gasteiger partial charge in [-0.25, -0.2) is 4.79 Å². The molecule has 0 unspecified atom stereocenters. The first-order valence-corrected chi connectivity index (χ1v) is 13.0. The average Bonchev–Trinajstić information content (AvgIpc) is 2.75. The number of nitrogens with two attached hydrogens (primary N) is 1. The highest BCUT2D eigenvalue weighted by Gasteiger charge is 2.18. The molecule has 4 N–H and O–H groups in total. The highest BCUT2D eigenvalue weighted by Crippen LogP contribution is 2.11. The minimum Gasteiger partial charge on any atom is -0.480 e. The van der Waals surface area contributed by atoms with Crippen molar-refractivity contribution in [3.8, 4) is 0 Å². The van der Waals surface area contributed by atoms with Crippen molar-refractivity contribution in [2.24, 2.45) is 5.73 Å². The van der Waals surface area contributed by atoms with E-state index in [0.29, 0.717) is 19.4 Å². The van der Waals surface area contributed by atoms with E-state index in [9.17, 15) is 14.7 Å². The largest absolute Gasteiger partial charge is 0.480 e. The second-order valence-corrected chi connectivity index (χ2v) is 8.78. The summed E-state index contributed by atoms with van der Waals surface area (Å²) in [4.78, 5) is 23.2. The fraction of sp³-hybridized carbons (Fsp3) is 0.846. The summed E-state index contributed by atoms with van der Waals surface area (Å²) in [6.07, 6.45) is 25.8. The van der Waals surface area contributed by atoms with E-state index in [4.69, 9.17) is 5.73 Å². The summed E-state index contributed by atoms with van der Waals surface area (Å²) in [5.74, 6) is -1.10. The molecule has 0 fully saturated rings. The van der Waals surface area contributed by atoms with Crippen LogP contribution in [0.4, 0.5) is 0 Å². The van der Waals surface area contributed by atoms with Crippen LogP contribution in [0.5, 0.6) is 0 Å². The van der Waals surface area contributed by atoms with Gasteiger partial charge in [0.1, 0.15) is 6.04 Å². The molecule has 0 bridgehead atoms. The van der Waals surface area contributed by atoms with Crippen LogP contribution in [-0.4, -0.2) is 29.6 Å². The molecule has 0 rings (SSSR count). The van der Waals surface area contributed by atoms with Gasteiger partial charge in [-0.05, 0) is 57.9 Å². The molecule has 0 aromatic rings. The van der Waals surface area contributed by atoms with Crippen LogP contribution in [0.25, 0.3) is 0 Å². The van der Waals surface area contributed by atoms with Crippen molar-refractivity contribution in [3.63, 3.8) is 0 Å². The first-order chi connectivity index (χ1) is 15.1. The molecule has 0 aliphatic rings. The van der Waals surface area contributed by atoms with E-state index < -0.39 is 12.0 Å².